The fourth-order valence-corrected chi connectivity index (χ4v) is 1.31. The molecule has 1 aromatic rings. The van der Waals surface area contributed by atoms with Crippen LogP contribution < -0.4 is 5.32 Å². The van der Waals surface area contributed by atoms with E-state index in [0.717, 1.165) is 10.6 Å². The maximum Gasteiger partial charge on any atom is 0.223 e. The minimum Gasteiger partial charge on any atom is -0.357 e. The lowest BCUT2D eigenvalue weighted by atomic mass is 10.4. The molecular formula is C7H11N3S. The molecule has 11 heavy (non-hydrogen) atoms. The number of rotatable bonds is 2. The molecular weight excluding hydrogens is 158 g/mol. The molecule has 0 atom stereocenters. The fraction of sp³-hybridized carbons (Fsp3) is 0.429. The smallest absolute Gasteiger partial charge is 0.223 e. The molecule has 0 aromatic carbocycles. The van der Waals surface area contributed by atoms with Gasteiger partial charge in [0.15, 0.2) is 0 Å². The van der Waals surface area contributed by atoms with Crippen LogP contribution in [0.4, 0.5) is 5.95 Å². The quantitative estimate of drug-likeness (QED) is 0.538. The molecule has 0 aliphatic rings. The van der Waals surface area contributed by atoms with Gasteiger partial charge in [-0.2, -0.15) is 0 Å². The summed E-state index contributed by atoms with van der Waals surface area (Å²) in [4.78, 5) is 8.32. The van der Waals surface area contributed by atoms with Gasteiger partial charge in [0.05, 0.1) is 0 Å². The maximum absolute atomic E-state index is 4.25. The van der Waals surface area contributed by atoms with Gasteiger partial charge in [-0.05, 0) is 18.7 Å². The van der Waals surface area contributed by atoms with E-state index >= 15 is 0 Å². The third-order valence-corrected chi connectivity index (χ3v) is 2.14. The van der Waals surface area contributed by atoms with Crippen LogP contribution in [0, 0.1) is 6.92 Å². The summed E-state index contributed by atoms with van der Waals surface area (Å²) in [5.74, 6) is 0.681. The van der Waals surface area contributed by atoms with Crippen LogP contribution in [0.2, 0.25) is 0 Å². The summed E-state index contributed by atoms with van der Waals surface area (Å²) in [7, 11) is 1.81. The first-order chi connectivity index (χ1) is 5.27. The van der Waals surface area contributed by atoms with Crippen molar-refractivity contribution in [2.24, 2.45) is 0 Å². The average molecular weight is 169 g/mol. The number of thioether (sulfide) groups is 1. The Morgan fingerprint density at radius 1 is 1.55 bits per heavy atom. The van der Waals surface area contributed by atoms with Crippen molar-refractivity contribution in [3.63, 3.8) is 0 Å². The highest BCUT2D eigenvalue weighted by Gasteiger charge is 1.99. The van der Waals surface area contributed by atoms with Crippen molar-refractivity contribution < 1.29 is 0 Å². The van der Waals surface area contributed by atoms with E-state index in [9.17, 15) is 0 Å². The van der Waals surface area contributed by atoms with E-state index in [-0.39, 0.29) is 0 Å². The Kier molecular flexibility index (Phi) is 2.70. The number of aromatic nitrogens is 2. The van der Waals surface area contributed by atoms with E-state index in [1.54, 1.807) is 11.8 Å². The van der Waals surface area contributed by atoms with Gasteiger partial charge in [-0.25, -0.2) is 9.97 Å². The van der Waals surface area contributed by atoms with Crippen molar-refractivity contribution in [3.05, 3.63) is 11.8 Å². The first-order valence-corrected chi connectivity index (χ1v) is 4.55. The molecule has 0 bridgehead atoms. The predicted octanol–water partition coefficient (Wildman–Crippen LogP) is 1.55. The summed E-state index contributed by atoms with van der Waals surface area (Å²) in [5.41, 5.74) is 1.12. The van der Waals surface area contributed by atoms with Crippen molar-refractivity contribution in [1.82, 2.24) is 9.97 Å². The molecule has 0 unspecified atom stereocenters. The first-order valence-electron chi connectivity index (χ1n) is 3.33. The molecule has 60 valence electrons. The summed E-state index contributed by atoms with van der Waals surface area (Å²) in [6, 6.07) is 0. The Hall–Kier alpha value is -0.770. The van der Waals surface area contributed by atoms with Crippen LogP contribution in [0.25, 0.3) is 0 Å². The van der Waals surface area contributed by atoms with Gasteiger partial charge in [-0.3, -0.25) is 0 Å². The Balaban J connectivity index is 3.02. The summed E-state index contributed by atoms with van der Waals surface area (Å²) < 4.78 is 0. The van der Waals surface area contributed by atoms with Gasteiger partial charge >= 0.3 is 0 Å². The standard InChI is InChI=1S/C7H11N3S/c1-5-4-9-7(8-2)10-6(5)11-3/h4H,1-3H3,(H,8,9,10). The third-order valence-electron chi connectivity index (χ3n) is 1.34. The highest BCUT2D eigenvalue weighted by Crippen LogP contribution is 2.16. The van der Waals surface area contributed by atoms with E-state index in [1.165, 1.54) is 0 Å². The molecule has 4 heteroatoms. The van der Waals surface area contributed by atoms with Gasteiger partial charge in [-0.15, -0.1) is 11.8 Å². The molecule has 1 aromatic heterocycles. The minimum absolute atomic E-state index is 0.681. The van der Waals surface area contributed by atoms with Crippen LogP contribution in [0.1, 0.15) is 5.56 Å². The summed E-state index contributed by atoms with van der Waals surface area (Å²) in [6.45, 7) is 2.01. The number of hydrogen-bond donors (Lipinski definition) is 1. The molecule has 1 rings (SSSR count). The number of aryl methyl sites for hydroxylation is 1. The Morgan fingerprint density at radius 3 is 2.82 bits per heavy atom. The molecule has 0 saturated carbocycles. The highest BCUT2D eigenvalue weighted by molar-refractivity contribution is 7.98. The number of nitrogens with one attached hydrogen (secondary N) is 1. The average Bonchev–Trinajstić information content (AvgIpc) is 2.05. The molecule has 0 spiro atoms. The Labute approximate surface area is 70.6 Å². The fourth-order valence-electron chi connectivity index (χ4n) is 0.753. The van der Waals surface area contributed by atoms with E-state index in [4.69, 9.17) is 0 Å². The number of nitrogens with zero attached hydrogens (tertiary/aromatic N) is 2. The monoisotopic (exact) mass is 169 g/mol. The zero-order valence-corrected chi connectivity index (χ0v) is 7.70. The third kappa shape index (κ3) is 1.83. The van der Waals surface area contributed by atoms with Gasteiger partial charge in [0.25, 0.3) is 0 Å². The largest absolute Gasteiger partial charge is 0.357 e. The lowest BCUT2D eigenvalue weighted by molar-refractivity contribution is 1.01. The Morgan fingerprint density at radius 2 is 2.27 bits per heavy atom. The Bertz CT molecular complexity index is 249. The van der Waals surface area contributed by atoms with Gasteiger partial charge in [0.2, 0.25) is 5.95 Å². The molecule has 0 fully saturated rings. The zero-order chi connectivity index (χ0) is 8.27. The molecule has 1 heterocycles. The van der Waals surface area contributed by atoms with E-state index in [1.807, 2.05) is 26.4 Å². The summed E-state index contributed by atoms with van der Waals surface area (Å²) in [6.07, 6.45) is 3.83. The van der Waals surface area contributed by atoms with Crippen molar-refractivity contribution in [1.29, 1.82) is 0 Å². The highest BCUT2D eigenvalue weighted by atomic mass is 32.2. The SMILES string of the molecule is CNc1ncc(C)c(SC)n1. The molecule has 0 radical (unpaired) electrons. The van der Waals surface area contributed by atoms with Crippen LogP contribution in [0.5, 0.6) is 0 Å². The summed E-state index contributed by atoms with van der Waals surface area (Å²) >= 11 is 1.63. The van der Waals surface area contributed by atoms with Crippen molar-refractivity contribution in [2.75, 3.05) is 18.6 Å². The normalized spacial score (nSPS) is 9.73. The molecule has 0 amide bonds. The van der Waals surface area contributed by atoms with Crippen LogP contribution in [-0.4, -0.2) is 23.3 Å². The molecule has 0 saturated heterocycles. The van der Waals surface area contributed by atoms with Crippen LogP contribution in [0.15, 0.2) is 11.2 Å². The van der Waals surface area contributed by atoms with Crippen molar-refractivity contribution >= 4 is 17.7 Å². The lowest BCUT2D eigenvalue weighted by Crippen LogP contribution is -1.97. The first kappa shape index (κ1) is 8.33. The van der Waals surface area contributed by atoms with Gasteiger partial charge in [0, 0.05) is 13.2 Å². The van der Waals surface area contributed by atoms with Gasteiger partial charge < -0.3 is 5.32 Å². The molecule has 3 nitrogen and oxygen atoms in total. The predicted molar refractivity (Wildman–Crippen MR) is 48.1 cm³/mol. The maximum atomic E-state index is 4.25. The number of hydrogen-bond acceptors (Lipinski definition) is 4. The zero-order valence-electron chi connectivity index (χ0n) is 6.88. The minimum atomic E-state index is 0.681. The van der Waals surface area contributed by atoms with Crippen LogP contribution >= 0.6 is 11.8 Å². The van der Waals surface area contributed by atoms with E-state index < -0.39 is 0 Å². The second-order valence-corrected chi connectivity index (χ2v) is 2.93. The van der Waals surface area contributed by atoms with E-state index in [0.29, 0.717) is 5.95 Å². The topological polar surface area (TPSA) is 37.8 Å². The second kappa shape index (κ2) is 3.57. The second-order valence-electron chi connectivity index (χ2n) is 2.14. The number of anilines is 1. The van der Waals surface area contributed by atoms with Crippen molar-refractivity contribution in [2.45, 2.75) is 11.9 Å². The van der Waals surface area contributed by atoms with Gasteiger partial charge in [0.1, 0.15) is 5.03 Å². The lowest BCUT2D eigenvalue weighted by Gasteiger charge is -2.02. The molecule has 0 aliphatic heterocycles. The van der Waals surface area contributed by atoms with E-state index in [2.05, 4.69) is 15.3 Å². The van der Waals surface area contributed by atoms with Crippen molar-refractivity contribution in [3.8, 4) is 0 Å². The summed E-state index contributed by atoms with van der Waals surface area (Å²) in [5, 5.41) is 3.93. The van der Waals surface area contributed by atoms with Crippen LogP contribution in [0.3, 0.4) is 0 Å². The van der Waals surface area contributed by atoms with Crippen LogP contribution in [-0.2, 0) is 0 Å². The van der Waals surface area contributed by atoms with Gasteiger partial charge in [-0.1, -0.05) is 0 Å². The molecule has 1 N–H and O–H groups in total. The molecule has 0 aliphatic carbocycles.